The molecule has 0 unspecified atom stereocenters. The number of pyridine rings is 1. The van der Waals surface area contributed by atoms with E-state index in [2.05, 4.69) is 15.6 Å². The number of benzene rings is 2. The Morgan fingerprint density at radius 3 is 2.62 bits per heavy atom. The fraction of sp³-hybridized carbons (Fsp3) is 0. The van der Waals surface area contributed by atoms with Crippen LogP contribution in [-0.4, -0.2) is 10.9 Å². The van der Waals surface area contributed by atoms with Crippen molar-refractivity contribution in [3.63, 3.8) is 0 Å². The Morgan fingerprint density at radius 1 is 1.04 bits per heavy atom. The quantitative estimate of drug-likeness (QED) is 0.645. The Labute approximate surface area is 160 Å². The van der Waals surface area contributed by atoms with E-state index >= 15 is 0 Å². The maximum Gasteiger partial charge on any atom is 0.257 e. The predicted molar refractivity (Wildman–Crippen MR) is 103 cm³/mol. The van der Waals surface area contributed by atoms with Gasteiger partial charge in [0.15, 0.2) is 0 Å². The van der Waals surface area contributed by atoms with Crippen LogP contribution in [0.15, 0.2) is 60.9 Å². The lowest BCUT2D eigenvalue weighted by Gasteiger charge is -2.10. The van der Waals surface area contributed by atoms with Crippen molar-refractivity contribution in [1.29, 1.82) is 5.26 Å². The Kier molecular flexibility index (Phi) is 5.37. The molecule has 0 aliphatic carbocycles. The number of para-hydroxylation sites is 1. The highest BCUT2D eigenvalue weighted by Gasteiger charge is 2.11. The molecule has 3 rings (SSSR count). The van der Waals surface area contributed by atoms with Gasteiger partial charge < -0.3 is 10.6 Å². The summed E-state index contributed by atoms with van der Waals surface area (Å²) in [5.74, 6) is -0.369. The molecule has 0 bridgehead atoms. The van der Waals surface area contributed by atoms with Crippen molar-refractivity contribution < 1.29 is 4.79 Å². The highest BCUT2D eigenvalue weighted by Crippen LogP contribution is 2.28. The number of aromatic nitrogens is 1. The second kappa shape index (κ2) is 7.87. The third-order valence-corrected chi connectivity index (χ3v) is 4.05. The number of anilines is 3. The molecule has 0 atom stereocenters. The van der Waals surface area contributed by atoms with Crippen LogP contribution in [0.4, 0.5) is 17.1 Å². The minimum atomic E-state index is -0.369. The molecule has 128 valence electrons. The number of amides is 1. The van der Waals surface area contributed by atoms with E-state index < -0.39 is 0 Å². The summed E-state index contributed by atoms with van der Waals surface area (Å²) in [7, 11) is 0. The maximum absolute atomic E-state index is 12.5. The van der Waals surface area contributed by atoms with Crippen LogP contribution >= 0.6 is 23.2 Å². The number of carbonyl (C=O) groups is 1. The summed E-state index contributed by atoms with van der Waals surface area (Å²) < 4.78 is 0. The molecule has 1 aromatic heterocycles. The molecule has 1 heterocycles. The van der Waals surface area contributed by atoms with Gasteiger partial charge in [0.1, 0.15) is 6.07 Å². The molecule has 0 saturated heterocycles. The number of nitrogens with zero attached hydrogens (tertiary/aromatic N) is 2. The van der Waals surface area contributed by atoms with Gasteiger partial charge in [-0.3, -0.25) is 9.78 Å². The van der Waals surface area contributed by atoms with Crippen LogP contribution in [0.5, 0.6) is 0 Å². The molecule has 5 nitrogen and oxygen atoms in total. The Hall–Kier alpha value is -3.07. The molecular weight excluding hydrogens is 371 g/mol. The van der Waals surface area contributed by atoms with Crippen molar-refractivity contribution in [2.24, 2.45) is 0 Å². The first-order chi connectivity index (χ1) is 12.6. The van der Waals surface area contributed by atoms with Gasteiger partial charge in [-0.25, -0.2) is 0 Å². The number of rotatable bonds is 4. The molecule has 0 aliphatic heterocycles. The first-order valence-corrected chi connectivity index (χ1v) is 8.30. The van der Waals surface area contributed by atoms with Gasteiger partial charge in [-0.15, -0.1) is 0 Å². The highest BCUT2D eigenvalue weighted by molar-refractivity contribution is 6.36. The van der Waals surface area contributed by atoms with Crippen LogP contribution in [-0.2, 0) is 0 Å². The van der Waals surface area contributed by atoms with Crippen LogP contribution in [0.1, 0.15) is 15.9 Å². The van der Waals surface area contributed by atoms with E-state index in [9.17, 15) is 4.79 Å². The number of nitrogens with one attached hydrogen (secondary N) is 2. The SMILES string of the molecule is N#Cc1ccccc1NC(=O)c1cncc(Nc2ccc(Cl)cc2Cl)c1. The Balaban J connectivity index is 1.80. The van der Waals surface area contributed by atoms with E-state index in [-0.39, 0.29) is 5.91 Å². The van der Waals surface area contributed by atoms with Gasteiger partial charge in [0.05, 0.1) is 39.4 Å². The smallest absolute Gasteiger partial charge is 0.257 e. The normalized spacial score (nSPS) is 10.0. The molecule has 2 N–H and O–H groups in total. The Bertz CT molecular complexity index is 1010. The summed E-state index contributed by atoms with van der Waals surface area (Å²) in [5.41, 5.74) is 2.41. The van der Waals surface area contributed by atoms with Gasteiger partial charge in [0.2, 0.25) is 0 Å². The lowest BCUT2D eigenvalue weighted by molar-refractivity contribution is 0.102. The van der Waals surface area contributed by atoms with E-state index in [1.165, 1.54) is 6.20 Å². The minimum absolute atomic E-state index is 0.341. The van der Waals surface area contributed by atoms with Gasteiger partial charge in [-0.1, -0.05) is 35.3 Å². The third-order valence-electron chi connectivity index (χ3n) is 3.51. The Morgan fingerprint density at radius 2 is 1.85 bits per heavy atom. The number of hydrogen-bond acceptors (Lipinski definition) is 4. The van der Waals surface area contributed by atoms with Crippen LogP contribution in [0, 0.1) is 11.3 Å². The average molecular weight is 383 g/mol. The summed E-state index contributed by atoms with van der Waals surface area (Å²) in [6.07, 6.45) is 3.02. The lowest BCUT2D eigenvalue weighted by atomic mass is 10.2. The molecule has 1 amide bonds. The van der Waals surface area contributed by atoms with Gasteiger partial charge >= 0.3 is 0 Å². The first kappa shape index (κ1) is 17.7. The topological polar surface area (TPSA) is 77.8 Å². The van der Waals surface area contributed by atoms with Gasteiger partial charge in [0, 0.05) is 11.2 Å². The molecular formula is C19H12Cl2N4O. The van der Waals surface area contributed by atoms with Crippen LogP contribution in [0.25, 0.3) is 0 Å². The summed E-state index contributed by atoms with van der Waals surface area (Å²) in [4.78, 5) is 16.5. The predicted octanol–water partition coefficient (Wildman–Crippen LogP) is 5.26. The molecule has 26 heavy (non-hydrogen) atoms. The molecule has 0 aliphatic rings. The number of carbonyl (C=O) groups excluding carboxylic acids is 1. The van der Waals surface area contributed by atoms with Crippen molar-refractivity contribution in [3.05, 3.63) is 82.1 Å². The monoisotopic (exact) mass is 382 g/mol. The highest BCUT2D eigenvalue weighted by atomic mass is 35.5. The van der Waals surface area contributed by atoms with Gasteiger partial charge in [-0.05, 0) is 36.4 Å². The van der Waals surface area contributed by atoms with E-state index in [0.717, 1.165) is 0 Å². The van der Waals surface area contributed by atoms with Gasteiger partial charge in [-0.2, -0.15) is 5.26 Å². The van der Waals surface area contributed by atoms with Gasteiger partial charge in [0.25, 0.3) is 5.91 Å². The summed E-state index contributed by atoms with van der Waals surface area (Å²) in [6, 6.07) is 15.5. The zero-order valence-electron chi connectivity index (χ0n) is 13.3. The van der Waals surface area contributed by atoms with Crippen molar-refractivity contribution in [2.75, 3.05) is 10.6 Å². The van der Waals surface area contributed by atoms with Crippen LogP contribution in [0.2, 0.25) is 10.0 Å². The van der Waals surface area contributed by atoms with E-state index in [0.29, 0.717) is 38.2 Å². The van der Waals surface area contributed by atoms with Crippen molar-refractivity contribution in [1.82, 2.24) is 4.98 Å². The van der Waals surface area contributed by atoms with Crippen LogP contribution in [0.3, 0.4) is 0 Å². The van der Waals surface area contributed by atoms with Crippen LogP contribution < -0.4 is 10.6 Å². The van der Waals surface area contributed by atoms with E-state index in [1.54, 1.807) is 54.7 Å². The summed E-state index contributed by atoms with van der Waals surface area (Å²) in [5, 5.41) is 15.9. The maximum atomic E-state index is 12.5. The summed E-state index contributed by atoms with van der Waals surface area (Å²) >= 11 is 12.0. The molecule has 0 saturated carbocycles. The molecule has 7 heteroatoms. The zero-order valence-corrected chi connectivity index (χ0v) is 14.8. The molecule has 0 spiro atoms. The summed E-state index contributed by atoms with van der Waals surface area (Å²) in [6.45, 7) is 0. The zero-order chi connectivity index (χ0) is 18.5. The fourth-order valence-electron chi connectivity index (χ4n) is 2.26. The standard InChI is InChI=1S/C19H12Cl2N4O/c20-14-5-6-18(16(21)8-14)24-15-7-13(10-23-11-15)19(26)25-17-4-2-1-3-12(17)9-22/h1-8,10-11,24H,(H,25,26). The van der Waals surface area contributed by atoms with E-state index in [4.69, 9.17) is 28.5 Å². The minimum Gasteiger partial charge on any atom is -0.353 e. The first-order valence-electron chi connectivity index (χ1n) is 7.54. The molecule has 0 radical (unpaired) electrons. The van der Waals surface area contributed by atoms with Crippen molar-refractivity contribution >= 4 is 46.2 Å². The second-order valence-electron chi connectivity index (χ2n) is 5.32. The average Bonchev–Trinajstić information content (AvgIpc) is 2.65. The second-order valence-corrected chi connectivity index (χ2v) is 6.17. The van der Waals surface area contributed by atoms with Crippen molar-refractivity contribution in [3.8, 4) is 6.07 Å². The lowest BCUT2D eigenvalue weighted by Crippen LogP contribution is -2.13. The number of hydrogen-bond donors (Lipinski definition) is 2. The molecule has 3 aromatic rings. The third kappa shape index (κ3) is 4.12. The van der Waals surface area contributed by atoms with E-state index in [1.807, 2.05) is 6.07 Å². The fourth-order valence-corrected chi connectivity index (χ4v) is 2.72. The largest absolute Gasteiger partial charge is 0.353 e. The molecule has 0 fully saturated rings. The number of nitriles is 1. The molecule has 2 aromatic carbocycles. The van der Waals surface area contributed by atoms with Crippen molar-refractivity contribution in [2.45, 2.75) is 0 Å². The number of halogens is 2.